The van der Waals surface area contributed by atoms with Gasteiger partial charge in [0.15, 0.2) is 17.1 Å². The lowest BCUT2D eigenvalue weighted by Crippen LogP contribution is -2.16. The molecule has 2 heterocycles. The fourth-order valence-corrected chi connectivity index (χ4v) is 3.75. The van der Waals surface area contributed by atoms with E-state index in [4.69, 9.17) is 29.9 Å². The van der Waals surface area contributed by atoms with Crippen molar-refractivity contribution >= 4 is 34.0 Å². The molecule has 0 aliphatic heterocycles. The van der Waals surface area contributed by atoms with E-state index in [1.807, 2.05) is 60.9 Å². The molecule has 172 valence electrons. The highest BCUT2D eigenvalue weighted by atomic mass is 16.5. The van der Waals surface area contributed by atoms with Gasteiger partial charge in [-0.3, -0.25) is 0 Å². The number of carbonyl (C=O) groups is 1. The largest absolute Gasteiger partial charge is 0.493 e. The Morgan fingerprint density at radius 3 is 2.42 bits per heavy atom. The molecule has 8 nitrogen and oxygen atoms in total. The van der Waals surface area contributed by atoms with Crippen LogP contribution in [0.5, 0.6) is 11.5 Å². The first kappa shape index (κ1) is 22.4. The van der Waals surface area contributed by atoms with E-state index in [1.54, 1.807) is 14.2 Å². The van der Waals surface area contributed by atoms with Crippen molar-refractivity contribution < 1.29 is 19.0 Å². The number of nitrogens with two attached hydrogens (primary N) is 1. The third-order valence-electron chi connectivity index (χ3n) is 5.75. The number of nitrogen functional groups attached to an aromatic ring is 1. The lowest BCUT2D eigenvalue weighted by Gasteiger charge is -2.12. The molecule has 2 aromatic carbocycles. The second-order valence-corrected chi connectivity index (χ2v) is 7.86. The minimum Gasteiger partial charge on any atom is -0.493 e. The lowest BCUT2D eigenvalue weighted by atomic mass is 10.1. The van der Waals surface area contributed by atoms with Crippen molar-refractivity contribution in [2.45, 2.75) is 39.3 Å². The van der Waals surface area contributed by atoms with Crippen molar-refractivity contribution in [3.63, 3.8) is 0 Å². The number of methoxy groups -OCH3 is 2. The number of anilines is 1. The Labute approximate surface area is 192 Å². The molecular weight excluding hydrogens is 420 g/mol. The SMILES string of the molecule is CC[C@@H](C)OC(=O)c1c(N)n(CCc2ccc(OC)c(OC)c2)c2nc3ccccc3nc12. The maximum absolute atomic E-state index is 13.0. The first-order valence-electron chi connectivity index (χ1n) is 10.9. The summed E-state index contributed by atoms with van der Waals surface area (Å²) >= 11 is 0. The van der Waals surface area contributed by atoms with Gasteiger partial charge in [0.25, 0.3) is 0 Å². The number of aromatic nitrogens is 3. The summed E-state index contributed by atoms with van der Waals surface area (Å²) in [6.45, 7) is 4.31. The number of hydrogen-bond donors (Lipinski definition) is 1. The van der Waals surface area contributed by atoms with Crippen molar-refractivity contribution in [1.29, 1.82) is 0 Å². The van der Waals surface area contributed by atoms with Crippen LogP contribution in [-0.4, -0.2) is 40.8 Å². The molecule has 0 amide bonds. The number of aryl methyl sites for hydroxylation is 2. The fraction of sp³-hybridized carbons (Fsp3) is 0.320. The Kier molecular flexibility index (Phi) is 6.35. The van der Waals surface area contributed by atoms with Crippen LogP contribution in [0.25, 0.3) is 22.2 Å². The molecule has 2 N–H and O–H groups in total. The van der Waals surface area contributed by atoms with Crippen LogP contribution in [0.1, 0.15) is 36.2 Å². The van der Waals surface area contributed by atoms with Crippen molar-refractivity contribution in [2.75, 3.05) is 20.0 Å². The number of benzene rings is 2. The minimum absolute atomic E-state index is 0.226. The summed E-state index contributed by atoms with van der Waals surface area (Å²) in [6.07, 6.45) is 1.12. The summed E-state index contributed by atoms with van der Waals surface area (Å²) in [5, 5.41) is 0. The molecule has 0 bridgehead atoms. The molecule has 33 heavy (non-hydrogen) atoms. The first-order valence-corrected chi connectivity index (χ1v) is 10.9. The Bertz CT molecular complexity index is 1320. The maximum Gasteiger partial charge on any atom is 0.344 e. The number of carbonyl (C=O) groups excluding carboxylic acids is 1. The van der Waals surface area contributed by atoms with Gasteiger partial charge in [-0.2, -0.15) is 0 Å². The van der Waals surface area contributed by atoms with Crippen molar-refractivity contribution in [1.82, 2.24) is 14.5 Å². The lowest BCUT2D eigenvalue weighted by molar-refractivity contribution is 0.0338. The molecule has 0 unspecified atom stereocenters. The second-order valence-electron chi connectivity index (χ2n) is 7.86. The maximum atomic E-state index is 13.0. The zero-order valence-corrected chi connectivity index (χ0v) is 19.3. The van der Waals surface area contributed by atoms with Crippen molar-refractivity contribution in [3.05, 3.63) is 53.6 Å². The highest BCUT2D eigenvalue weighted by Gasteiger charge is 2.26. The van der Waals surface area contributed by atoms with Crippen LogP contribution in [-0.2, 0) is 17.7 Å². The summed E-state index contributed by atoms with van der Waals surface area (Å²) in [5.41, 5.74) is 10.2. The summed E-state index contributed by atoms with van der Waals surface area (Å²) < 4.78 is 18.2. The number of hydrogen-bond acceptors (Lipinski definition) is 7. The van der Waals surface area contributed by atoms with Crippen LogP contribution in [0, 0.1) is 0 Å². The van der Waals surface area contributed by atoms with E-state index in [0.717, 1.165) is 11.1 Å². The van der Waals surface area contributed by atoms with Gasteiger partial charge in [0.2, 0.25) is 0 Å². The van der Waals surface area contributed by atoms with E-state index in [-0.39, 0.29) is 11.7 Å². The predicted octanol–water partition coefficient (Wildman–Crippen LogP) is 4.38. The summed E-state index contributed by atoms with van der Waals surface area (Å²) in [4.78, 5) is 22.5. The molecule has 4 aromatic rings. The van der Waals surface area contributed by atoms with Crippen molar-refractivity contribution in [3.8, 4) is 11.5 Å². The van der Waals surface area contributed by atoms with E-state index in [1.165, 1.54) is 0 Å². The fourth-order valence-electron chi connectivity index (χ4n) is 3.75. The standard InChI is InChI=1S/C25H28N4O4/c1-5-15(2)33-25(30)21-22-24(28-18-9-7-6-8-17(18)27-22)29(23(21)26)13-12-16-10-11-19(31-3)20(14-16)32-4/h6-11,14-15H,5,12-13,26H2,1-4H3/t15-/m1/s1. The third-order valence-corrected chi connectivity index (χ3v) is 5.75. The first-order chi connectivity index (χ1) is 16.0. The smallest absolute Gasteiger partial charge is 0.344 e. The van der Waals surface area contributed by atoms with E-state index in [9.17, 15) is 4.79 Å². The molecule has 1 atom stereocenters. The van der Waals surface area contributed by atoms with Crippen LogP contribution >= 0.6 is 0 Å². The molecule has 0 fully saturated rings. The van der Waals surface area contributed by atoms with E-state index in [2.05, 4.69) is 0 Å². The highest BCUT2D eigenvalue weighted by molar-refractivity contribution is 6.08. The molecule has 0 saturated heterocycles. The average molecular weight is 449 g/mol. The summed E-state index contributed by atoms with van der Waals surface area (Å²) in [7, 11) is 3.21. The Hall–Kier alpha value is -3.81. The highest BCUT2D eigenvalue weighted by Crippen LogP contribution is 2.31. The van der Waals surface area contributed by atoms with Gasteiger partial charge in [-0.25, -0.2) is 14.8 Å². The van der Waals surface area contributed by atoms with Gasteiger partial charge in [-0.1, -0.05) is 25.1 Å². The van der Waals surface area contributed by atoms with Crippen molar-refractivity contribution in [2.24, 2.45) is 0 Å². The second kappa shape index (κ2) is 9.36. The summed E-state index contributed by atoms with van der Waals surface area (Å²) in [6, 6.07) is 13.3. The number of para-hydroxylation sites is 2. The Morgan fingerprint density at radius 1 is 1.06 bits per heavy atom. The number of esters is 1. The van der Waals surface area contributed by atoms with E-state index < -0.39 is 5.97 Å². The minimum atomic E-state index is -0.485. The Morgan fingerprint density at radius 2 is 1.76 bits per heavy atom. The molecular formula is C25H28N4O4. The van der Waals surface area contributed by atoms with E-state index >= 15 is 0 Å². The molecule has 4 rings (SSSR count). The van der Waals surface area contributed by atoms with Gasteiger partial charge in [0, 0.05) is 6.54 Å². The number of rotatable bonds is 8. The normalized spacial score (nSPS) is 12.1. The van der Waals surface area contributed by atoms with Gasteiger partial charge in [0.05, 0.1) is 31.4 Å². The van der Waals surface area contributed by atoms with Gasteiger partial charge < -0.3 is 24.5 Å². The zero-order chi connectivity index (χ0) is 23.5. The monoisotopic (exact) mass is 448 g/mol. The van der Waals surface area contributed by atoms with E-state index in [0.29, 0.717) is 53.4 Å². The molecule has 0 aliphatic rings. The number of ether oxygens (including phenoxy) is 3. The third kappa shape index (κ3) is 4.28. The van der Waals surface area contributed by atoms with Gasteiger partial charge in [-0.05, 0) is 49.6 Å². The Balaban J connectivity index is 1.77. The predicted molar refractivity (Wildman–Crippen MR) is 128 cm³/mol. The molecule has 0 spiro atoms. The van der Waals surface area contributed by atoms with Crippen LogP contribution < -0.4 is 15.2 Å². The topological polar surface area (TPSA) is 101 Å². The quantitative estimate of drug-likeness (QED) is 0.399. The van der Waals surface area contributed by atoms with Crippen LogP contribution in [0.4, 0.5) is 5.82 Å². The molecule has 0 radical (unpaired) electrons. The molecule has 2 aromatic heterocycles. The van der Waals surface area contributed by atoms with Crippen LogP contribution in [0.2, 0.25) is 0 Å². The average Bonchev–Trinajstić information content (AvgIpc) is 3.10. The molecule has 0 saturated carbocycles. The van der Waals surface area contributed by atoms with Gasteiger partial charge >= 0.3 is 5.97 Å². The van der Waals surface area contributed by atoms with Crippen LogP contribution in [0.15, 0.2) is 42.5 Å². The summed E-state index contributed by atoms with van der Waals surface area (Å²) in [5.74, 6) is 1.14. The van der Waals surface area contributed by atoms with Gasteiger partial charge in [0.1, 0.15) is 16.9 Å². The molecule has 0 aliphatic carbocycles. The number of fused-ring (bicyclic) bond motifs is 2. The molecule has 8 heteroatoms. The van der Waals surface area contributed by atoms with Crippen LogP contribution in [0.3, 0.4) is 0 Å². The zero-order valence-electron chi connectivity index (χ0n) is 19.3. The van der Waals surface area contributed by atoms with Gasteiger partial charge in [-0.15, -0.1) is 0 Å². The number of nitrogens with zero attached hydrogens (tertiary/aromatic N) is 3.